The van der Waals surface area contributed by atoms with E-state index in [1.54, 1.807) is 12.1 Å². The van der Waals surface area contributed by atoms with Gasteiger partial charge in [-0.2, -0.15) is 0 Å². The third kappa shape index (κ3) is 7.28. The molecule has 0 amide bonds. The largest absolute Gasteiger partial charge is 0.489 e. The summed E-state index contributed by atoms with van der Waals surface area (Å²) in [4.78, 5) is 8.45. The van der Waals surface area contributed by atoms with E-state index in [0.717, 1.165) is 6.07 Å². The van der Waals surface area contributed by atoms with Crippen LogP contribution in [0.15, 0.2) is 30.6 Å². The summed E-state index contributed by atoms with van der Waals surface area (Å²) in [6.07, 6.45) is 1.36. The first kappa shape index (κ1) is 25.2. The summed E-state index contributed by atoms with van der Waals surface area (Å²) in [6, 6.07) is 5.87. The molecule has 0 aliphatic rings. The van der Waals surface area contributed by atoms with Gasteiger partial charge in [-0.1, -0.05) is 23.2 Å². The first-order valence-electron chi connectivity index (χ1n) is 10.3. The lowest BCUT2D eigenvalue weighted by Crippen LogP contribution is -2.13. The normalized spacial score (nSPS) is 11.2. The zero-order valence-electron chi connectivity index (χ0n) is 18.1. The van der Waals surface area contributed by atoms with E-state index in [1.807, 2.05) is 6.92 Å². The summed E-state index contributed by atoms with van der Waals surface area (Å²) < 4.78 is 36.0. The second-order valence-electron chi connectivity index (χ2n) is 6.77. The van der Waals surface area contributed by atoms with Crippen LogP contribution in [0.1, 0.15) is 6.92 Å². The van der Waals surface area contributed by atoms with E-state index in [9.17, 15) is 4.39 Å². The molecule has 0 aliphatic carbocycles. The van der Waals surface area contributed by atoms with E-state index in [1.165, 1.54) is 12.4 Å². The number of anilines is 3. The van der Waals surface area contributed by atoms with Crippen molar-refractivity contribution >= 4 is 51.3 Å². The molecule has 0 bridgehead atoms. The topological polar surface area (TPSA) is 101 Å². The standard InChI is InChI=1S/C22H25Cl2FN4O4/c1-2-30-3-4-31-5-6-32-7-8-33-21-12-19-14(9-18(21)26)22(28-13-27-19)29-20-11-16(24)15(23)10-17(20)25/h9-13H,2-8,26H2,1H3,(H,27,28,29). The highest BCUT2D eigenvalue weighted by Crippen LogP contribution is 2.34. The molecule has 0 unspecified atom stereocenters. The first-order chi connectivity index (χ1) is 16.0. The minimum atomic E-state index is -0.566. The first-order valence-corrected chi connectivity index (χ1v) is 11.1. The van der Waals surface area contributed by atoms with Gasteiger partial charge in [0.25, 0.3) is 0 Å². The van der Waals surface area contributed by atoms with E-state index in [0.29, 0.717) is 74.4 Å². The SMILES string of the molecule is CCOCCOCCOCCOc1cc2ncnc(Nc3cc(Cl)c(Cl)cc3F)c2cc1N. The molecular weight excluding hydrogens is 474 g/mol. The number of hydrogen-bond acceptors (Lipinski definition) is 8. The third-order valence-electron chi connectivity index (χ3n) is 4.46. The van der Waals surface area contributed by atoms with Crippen LogP contribution in [0.25, 0.3) is 10.9 Å². The molecule has 0 fully saturated rings. The second kappa shape index (κ2) is 12.7. The van der Waals surface area contributed by atoms with Gasteiger partial charge in [-0.3, -0.25) is 0 Å². The van der Waals surface area contributed by atoms with Crippen molar-refractivity contribution in [3.05, 3.63) is 46.5 Å². The second-order valence-corrected chi connectivity index (χ2v) is 7.59. The number of rotatable bonds is 13. The Labute approximate surface area is 201 Å². The van der Waals surface area contributed by atoms with Crippen molar-refractivity contribution in [3.8, 4) is 5.75 Å². The Morgan fingerprint density at radius 1 is 0.909 bits per heavy atom. The molecule has 3 rings (SSSR count). The number of nitrogens with two attached hydrogens (primary N) is 1. The van der Waals surface area contributed by atoms with Crippen molar-refractivity contribution in [3.63, 3.8) is 0 Å². The van der Waals surface area contributed by atoms with Gasteiger partial charge in [-0.15, -0.1) is 0 Å². The van der Waals surface area contributed by atoms with Crippen LogP contribution in [-0.4, -0.2) is 56.2 Å². The molecule has 11 heteroatoms. The van der Waals surface area contributed by atoms with E-state index in [-0.39, 0.29) is 15.7 Å². The molecule has 3 aromatic rings. The van der Waals surface area contributed by atoms with Crippen LogP contribution in [-0.2, 0) is 14.2 Å². The fraction of sp³-hybridized carbons (Fsp3) is 0.364. The Hall–Kier alpha value is -2.43. The van der Waals surface area contributed by atoms with Crippen LogP contribution in [0.5, 0.6) is 5.75 Å². The molecule has 1 heterocycles. The van der Waals surface area contributed by atoms with E-state index < -0.39 is 5.82 Å². The van der Waals surface area contributed by atoms with Crippen molar-refractivity contribution in [2.24, 2.45) is 0 Å². The third-order valence-corrected chi connectivity index (χ3v) is 5.19. The number of aromatic nitrogens is 2. The van der Waals surface area contributed by atoms with Crippen LogP contribution >= 0.6 is 23.2 Å². The number of halogens is 3. The van der Waals surface area contributed by atoms with Gasteiger partial charge in [0.05, 0.1) is 60.0 Å². The molecule has 8 nitrogen and oxygen atoms in total. The molecule has 0 spiro atoms. The van der Waals surface area contributed by atoms with E-state index in [2.05, 4.69) is 15.3 Å². The number of hydrogen-bond donors (Lipinski definition) is 2. The highest BCUT2D eigenvalue weighted by atomic mass is 35.5. The van der Waals surface area contributed by atoms with Crippen molar-refractivity contribution in [1.29, 1.82) is 0 Å². The Kier molecular flexibility index (Phi) is 9.71. The average molecular weight is 499 g/mol. The summed E-state index contributed by atoms with van der Waals surface area (Å²) in [6.45, 7) is 5.34. The molecular formula is C22H25Cl2FN4O4. The monoisotopic (exact) mass is 498 g/mol. The molecule has 0 aliphatic heterocycles. The maximum absolute atomic E-state index is 14.3. The highest BCUT2D eigenvalue weighted by Gasteiger charge is 2.13. The number of nitrogens with zero attached hydrogens (tertiary/aromatic N) is 2. The van der Waals surface area contributed by atoms with E-state index >= 15 is 0 Å². The summed E-state index contributed by atoms with van der Waals surface area (Å²) in [7, 11) is 0. The maximum atomic E-state index is 14.3. The molecule has 0 radical (unpaired) electrons. The van der Waals surface area contributed by atoms with Gasteiger partial charge < -0.3 is 30.0 Å². The lowest BCUT2D eigenvalue weighted by Gasteiger charge is -2.13. The molecule has 178 valence electrons. The highest BCUT2D eigenvalue weighted by molar-refractivity contribution is 6.42. The minimum absolute atomic E-state index is 0.122. The number of benzene rings is 2. The van der Waals surface area contributed by atoms with Crippen molar-refractivity contribution in [2.45, 2.75) is 6.92 Å². The lowest BCUT2D eigenvalue weighted by atomic mass is 10.2. The smallest absolute Gasteiger partial charge is 0.148 e. The summed E-state index contributed by atoms with van der Waals surface area (Å²) in [5.41, 5.74) is 7.23. The van der Waals surface area contributed by atoms with Gasteiger partial charge in [-0.05, 0) is 25.1 Å². The van der Waals surface area contributed by atoms with Gasteiger partial charge >= 0.3 is 0 Å². The maximum Gasteiger partial charge on any atom is 0.148 e. The van der Waals surface area contributed by atoms with Crippen LogP contribution in [0.3, 0.4) is 0 Å². The molecule has 0 saturated carbocycles. The van der Waals surface area contributed by atoms with Crippen molar-refractivity contribution < 1.29 is 23.3 Å². The van der Waals surface area contributed by atoms with E-state index in [4.69, 9.17) is 47.9 Å². The average Bonchev–Trinajstić information content (AvgIpc) is 2.79. The van der Waals surface area contributed by atoms with Crippen molar-refractivity contribution in [2.75, 3.05) is 57.3 Å². The number of nitrogen functional groups attached to an aromatic ring is 1. The van der Waals surface area contributed by atoms with Crippen LogP contribution < -0.4 is 15.8 Å². The minimum Gasteiger partial charge on any atom is -0.489 e. The Bertz CT molecular complexity index is 1070. The summed E-state index contributed by atoms with van der Waals surface area (Å²) >= 11 is 11.8. The Balaban J connectivity index is 1.57. The van der Waals surface area contributed by atoms with Gasteiger partial charge in [0.1, 0.15) is 30.3 Å². The Morgan fingerprint density at radius 3 is 2.30 bits per heavy atom. The molecule has 0 saturated heterocycles. The Morgan fingerprint density at radius 2 is 1.58 bits per heavy atom. The molecule has 3 N–H and O–H groups in total. The fourth-order valence-corrected chi connectivity index (χ4v) is 3.18. The molecule has 0 atom stereocenters. The summed E-state index contributed by atoms with van der Waals surface area (Å²) in [5.74, 6) is 0.261. The van der Waals surface area contributed by atoms with Crippen molar-refractivity contribution in [1.82, 2.24) is 9.97 Å². The van der Waals surface area contributed by atoms with Gasteiger partial charge in [-0.25, -0.2) is 14.4 Å². The zero-order valence-corrected chi connectivity index (χ0v) is 19.6. The van der Waals surface area contributed by atoms with Gasteiger partial charge in [0, 0.05) is 18.1 Å². The number of nitrogens with one attached hydrogen (secondary N) is 1. The lowest BCUT2D eigenvalue weighted by molar-refractivity contribution is 0.0114. The fourth-order valence-electron chi connectivity index (χ4n) is 2.87. The zero-order chi connectivity index (χ0) is 23.6. The van der Waals surface area contributed by atoms with Crippen LogP contribution in [0.2, 0.25) is 10.0 Å². The number of ether oxygens (including phenoxy) is 4. The van der Waals surface area contributed by atoms with Gasteiger partial charge in [0.2, 0.25) is 0 Å². The predicted octanol–water partition coefficient (Wildman–Crippen LogP) is 4.85. The molecule has 1 aromatic heterocycles. The quantitative estimate of drug-likeness (QED) is 0.196. The molecule has 2 aromatic carbocycles. The van der Waals surface area contributed by atoms with Crippen LogP contribution in [0, 0.1) is 5.82 Å². The number of fused-ring (bicyclic) bond motifs is 1. The van der Waals surface area contributed by atoms with Gasteiger partial charge in [0.15, 0.2) is 0 Å². The molecule has 33 heavy (non-hydrogen) atoms. The predicted molar refractivity (Wildman–Crippen MR) is 127 cm³/mol. The summed E-state index contributed by atoms with van der Waals surface area (Å²) in [5, 5.41) is 3.84. The van der Waals surface area contributed by atoms with Crippen LogP contribution in [0.4, 0.5) is 21.6 Å².